The number of Topliss-reactive ketones (excluding diaryl/α,β-unsaturated/α-hetero) is 1. The van der Waals surface area contributed by atoms with Gasteiger partial charge in [-0.1, -0.05) is 37.6 Å². The molecule has 28 heavy (non-hydrogen) atoms. The summed E-state index contributed by atoms with van der Waals surface area (Å²) in [4.78, 5) is 40.1. The molecule has 3 rings (SSSR count). The van der Waals surface area contributed by atoms with Crippen molar-refractivity contribution in [3.63, 3.8) is 0 Å². The van der Waals surface area contributed by atoms with Gasteiger partial charge in [-0.3, -0.25) is 19.3 Å². The van der Waals surface area contributed by atoms with Gasteiger partial charge in [-0.15, -0.1) is 0 Å². The van der Waals surface area contributed by atoms with Gasteiger partial charge in [0.25, 0.3) is 11.8 Å². The molecule has 1 aliphatic rings. The summed E-state index contributed by atoms with van der Waals surface area (Å²) in [6.07, 6.45) is -0.847. The molecule has 0 aliphatic carbocycles. The average Bonchev–Trinajstić information content (AvgIpc) is 2.78. The van der Waals surface area contributed by atoms with Gasteiger partial charge in [0.05, 0.1) is 24.8 Å². The number of aryl methyl sites for hydroxylation is 1. The average molecular weight is 381 g/mol. The van der Waals surface area contributed by atoms with Crippen molar-refractivity contribution in [2.45, 2.75) is 26.9 Å². The molecule has 1 aliphatic heterocycles. The molecule has 0 radical (unpaired) electrons. The summed E-state index contributed by atoms with van der Waals surface area (Å²) in [5.41, 5.74) is 1.48. The molecule has 1 heterocycles. The van der Waals surface area contributed by atoms with Crippen molar-refractivity contribution in [1.29, 1.82) is 0 Å². The van der Waals surface area contributed by atoms with Gasteiger partial charge in [-0.2, -0.15) is 0 Å². The normalized spacial score (nSPS) is 16.5. The topological polar surface area (TPSA) is 72.9 Å². The zero-order valence-electron chi connectivity index (χ0n) is 16.4. The van der Waals surface area contributed by atoms with Crippen LogP contribution in [0.5, 0.6) is 11.5 Å². The quantitative estimate of drug-likeness (QED) is 0.587. The molecule has 2 amide bonds. The van der Waals surface area contributed by atoms with Gasteiger partial charge in [-0.05, 0) is 37.1 Å². The molecule has 0 saturated heterocycles. The maximum atomic E-state index is 13.1. The van der Waals surface area contributed by atoms with Crippen LogP contribution in [0.3, 0.4) is 0 Å². The molecule has 6 nitrogen and oxygen atoms in total. The van der Waals surface area contributed by atoms with E-state index in [1.54, 1.807) is 36.4 Å². The van der Waals surface area contributed by atoms with Gasteiger partial charge in [0.1, 0.15) is 11.5 Å². The summed E-state index contributed by atoms with van der Waals surface area (Å²) in [5.74, 6) is -0.841. The second-order valence-corrected chi connectivity index (χ2v) is 7.14. The van der Waals surface area contributed by atoms with Crippen molar-refractivity contribution >= 4 is 17.6 Å². The molecule has 0 fully saturated rings. The Balaban J connectivity index is 2.00. The van der Waals surface area contributed by atoms with Crippen LogP contribution in [-0.2, 0) is 4.79 Å². The van der Waals surface area contributed by atoms with Crippen molar-refractivity contribution in [3.05, 3.63) is 59.2 Å². The number of methoxy groups -OCH3 is 1. The maximum absolute atomic E-state index is 13.1. The zero-order valence-corrected chi connectivity index (χ0v) is 16.4. The molecule has 2 aromatic carbocycles. The number of rotatable bonds is 5. The smallest absolute Gasteiger partial charge is 0.271 e. The van der Waals surface area contributed by atoms with Crippen LogP contribution in [-0.4, -0.2) is 42.3 Å². The van der Waals surface area contributed by atoms with E-state index in [1.165, 1.54) is 7.11 Å². The molecule has 0 saturated carbocycles. The number of nitrogens with zero attached hydrogens (tertiary/aromatic N) is 1. The summed E-state index contributed by atoms with van der Waals surface area (Å²) < 4.78 is 11.1. The van der Waals surface area contributed by atoms with Crippen LogP contribution < -0.4 is 9.47 Å². The zero-order chi connectivity index (χ0) is 20.4. The van der Waals surface area contributed by atoms with E-state index in [4.69, 9.17) is 9.47 Å². The number of amides is 2. The minimum atomic E-state index is -0.847. The van der Waals surface area contributed by atoms with Gasteiger partial charge in [0.15, 0.2) is 11.9 Å². The molecule has 6 heteroatoms. The SMILES string of the molecule is COc1ccc(C)cc1C(=O)CN1C(=O)c2ccccc2O[C@@H](C(C)C)C1=O. The van der Waals surface area contributed by atoms with Crippen LogP contribution in [0.25, 0.3) is 0 Å². The van der Waals surface area contributed by atoms with Gasteiger partial charge in [-0.25, -0.2) is 0 Å². The standard InChI is InChI=1S/C22H23NO5/c1-13(2)20-22(26)23(21(25)15-7-5-6-8-19(15)28-20)12-17(24)16-11-14(3)9-10-18(16)27-4/h5-11,13,20H,12H2,1-4H3/t20-/m0/s1. The lowest BCUT2D eigenvalue weighted by Crippen LogP contribution is -2.47. The van der Waals surface area contributed by atoms with Crippen molar-refractivity contribution in [2.24, 2.45) is 5.92 Å². The molecule has 146 valence electrons. The Bertz CT molecular complexity index is 934. The van der Waals surface area contributed by atoms with Crippen LogP contribution in [0, 0.1) is 12.8 Å². The van der Waals surface area contributed by atoms with Gasteiger partial charge < -0.3 is 9.47 Å². The highest BCUT2D eigenvalue weighted by atomic mass is 16.5. The van der Waals surface area contributed by atoms with Crippen LogP contribution in [0.1, 0.15) is 40.1 Å². The predicted molar refractivity (Wildman–Crippen MR) is 104 cm³/mol. The molecule has 0 N–H and O–H groups in total. The molecule has 0 spiro atoms. The van der Waals surface area contributed by atoms with E-state index < -0.39 is 17.9 Å². The lowest BCUT2D eigenvalue weighted by atomic mass is 10.0. The Morgan fingerprint density at radius 1 is 1.18 bits per heavy atom. The molecular weight excluding hydrogens is 358 g/mol. The first-order valence-corrected chi connectivity index (χ1v) is 9.12. The number of fused-ring (bicyclic) bond motifs is 1. The maximum Gasteiger partial charge on any atom is 0.271 e. The number of benzene rings is 2. The number of hydrogen-bond donors (Lipinski definition) is 0. The highest BCUT2D eigenvalue weighted by Crippen LogP contribution is 2.28. The Morgan fingerprint density at radius 2 is 1.89 bits per heavy atom. The van der Waals surface area contributed by atoms with Crippen molar-refractivity contribution in [3.8, 4) is 11.5 Å². The first kappa shape index (κ1) is 19.6. The van der Waals surface area contributed by atoms with Crippen molar-refractivity contribution < 1.29 is 23.9 Å². The summed E-state index contributed by atoms with van der Waals surface area (Å²) in [5, 5.41) is 0. The molecule has 0 aromatic heterocycles. The second kappa shape index (κ2) is 7.84. The Kier molecular flexibility index (Phi) is 5.49. The van der Waals surface area contributed by atoms with Gasteiger partial charge in [0, 0.05) is 0 Å². The Labute approximate surface area is 164 Å². The number of para-hydroxylation sites is 1. The summed E-state index contributed by atoms with van der Waals surface area (Å²) >= 11 is 0. The summed E-state index contributed by atoms with van der Waals surface area (Å²) in [7, 11) is 1.47. The molecule has 0 unspecified atom stereocenters. The predicted octanol–water partition coefficient (Wildman–Crippen LogP) is 3.27. The molecule has 0 bridgehead atoms. The highest BCUT2D eigenvalue weighted by molar-refractivity contribution is 6.12. The largest absolute Gasteiger partial charge is 0.496 e. The first-order valence-electron chi connectivity index (χ1n) is 9.12. The third-order valence-corrected chi connectivity index (χ3v) is 4.69. The van der Waals surface area contributed by atoms with Crippen LogP contribution in [0.2, 0.25) is 0 Å². The minimum Gasteiger partial charge on any atom is -0.496 e. The Hall–Kier alpha value is -3.15. The van der Waals surface area contributed by atoms with Gasteiger partial charge in [0.2, 0.25) is 0 Å². The number of imide groups is 1. The van der Waals surface area contributed by atoms with Crippen molar-refractivity contribution in [1.82, 2.24) is 4.90 Å². The molecule has 1 atom stereocenters. The van der Waals surface area contributed by atoms with Gasteiger partial charge >= 0.3 is 0 Å². The number of ketones is 1. The van der Waals surface area contributed by atoms with E-state index in [-0.39, 0.29) is 23.8 Å². The Morgan fingerprint density at radius 3 is 2.57 bits per heavy atom. The fourth-order valence-electron chi connectivity index (χ4n) is 3.17. The fraction of sp³-hybridized carbons (Fsp3) is 0.318. The lowest BCUT2D eigenvalue weighted by Gasteiger charge is -2.24. The number of carbonyl (C=O) groups excluding carboxylic acids is 3. The van der Waals surface area contributed by atoms with E-state index >= 15 is 0 Å². The highest BCUT2D eigenvalue weighted by Gasteiger charge is 2.39. The number of hydrogen-bond acceptors (Lipinski definition) is 5. The summed E-state index contributed by atoms with van der Waals surface area (Å²) in [6, 6.07) is 11.9. The third-order valence-electron chi connectivity index (χ3n) is 4.69. The monoisotopic (exact) mass is 381 g/mol. The van der Waals surface area contributed by atoms with E-state index in [0.717, 1.165) is 10.5 Å². The lowest BCUT2D eigenvalue weighted by molar-refractivity contribution is -0.136. The molecule has 2 aromatic rings. The third kappa shape index (κ3) is 3.63. The summed E-state index contributed by atoms with van der Waals surface area (Å²) in [6.45, 7) is 5.16. The second-order valence-electron chi connectivity index (χ2n) is 7.14. The van der Waals surface area contributed by atoms with Crippen LogP contribution >= 0.6 is 0 Å². The van der Waals surface area contributed by atoms with E-state index in [9.17, 15) is 14.4 Å². The van der Waals surface area contributed by atoms with E-state index in [0.29, 0.717) is 17.1 Å². The number of carbonyl (C=O) groups is 3. The van der Waals surface area contributed by atoms with E-state index in [1.807, 2.05) is 26.8 Å². The minimum absolute atomic E-state index is 0.169. The fourth-order valence-corrected chi connectivity index (χ4v) is 3.17. The van der Waals surface area contributed by atoms with Crippen molar-refractivity contribution in [2.75, 3.05) is 13.7 Å². The first-order chi connectivity index (χ1) is 13.3. The van der Waals surface area contributed by atoms with E-state index in [2.05, 4.69) is 0 Å². The van der Waals surface area contributed by atoms with Crippen LogP contribution in [0.15, 0.2) is 42.5 Å². The van der Waals surface area contributed by atoms with Crippen LogP contribution in [0.4, 0.5) is 0 Å². The molecular formula is C22H23NO5. The number of ether oxygens (including phenoxy) is 2.